The molecule has 2 aliphatic rings. The third-order valence-electron chi connectivity index (χ3n) is 5.04. The molecule has 1 N–H and O–H groups in total. The molecule has 0 fully saturated rings. The summed E-state index contributed by atoms with van der Waals surface area (Å²) >= 11 is 1.57. The number of aromatic nitrogens is 1. The molecule has 1 aliphatic heterocycles. The van der Waals surface area contributed by atoms with Crippen molar-refractivity contribution in [2.24, 2.45) is 0 Å². The molecule has 0 spiro atoms. The van der Waals surface area contributed by atoms with Gasteiger partial charge in [0.1, 0.15) is 13.2 Å². The second-order valence-electron chi connectivity index (χ2n) is 7.13. The average Bonchev–Trinajstić information content (AvgIpc) is 3.06. The van der Waals surface area contributed by atoms with Gasteiger partial charge in [0.2, 0.25) is 5.91 Å². The Hall–Kier alpha value is -2.41. The highest BCUT2D eigenvalue weighted by atomic mass is 32.1. The van der Waals surface area contributed by atoms with E-state index in [1.54, 1.807) is 29.5 Å². The van der Waals surface area contributed by atoms with E-state index in [2.05, 4.69) is 10.3 Å². The van der Waals surface area contributed by atoms with Crippen molar-refractivity contribution in [2.45, 2.75) is 51.4 Å². The van der Waals surface area contributed by atoms with E-state index in [0.29, 0.717) is 35.4 Å². The molecule has 0 atom stereocenters. The summed E-state index contributed by atoms with van der Waals surface area (Å²) in [6.45, 7) is 0.992. The van der Waals surface area contributed by atoms with Gasteiger partial charge in [-0.05, 0) is 43.9 Å². The van der Waals surface area contributed by atoms with E-state index in [4.69, 9.17) is 9.47 Å². The van der Waals surface area contributed by atoms with Crippen LogP contribution in [0, 0.1) is 0 Å². The summed E-state index contributed by atoms with van der Waals surface area (Å²) < 4.78 is 11.0. The Morgan fingerprint density at radius 2 is 1.79 bits per heavy atom. The van der Waals surface area contributed by atoms with E-state index in [1.807, 2.05) is 0 Å². The van der Waals surface area contributed by atoms with Crippen LogP contribution in [0.4, 0.5) is 5.13 Å². The molecule has 1 aliphatic carbocycles. The molecular weight excluding hydrogens is 376 g/mol. The van der Waals surface area contributed by atoms with E-state index >= 15 is 0 Å². The van der Waals surface area contributed by atoms with Gasteiger partial charge in [-0.15, -0.1) is 11.3 Å². The van der Waals surface area contributed by atoms with Crippen LogP contribution in [0.5, 0.6) is 11.5 Å². The molecule has 0 radical (unpaired) electrons. The highest BCUT2D eigenvalue weighted by Gasteiger charge is 2.17. The van der Waals surface area contributed by atoms with Crippen molar-refractivity contribution >= 4 is 28.2 Å². The number of ether oxygens (including phenoxy) is 2. The van der Waals surface area contributed by atoms with Gasteiger partial charge in [-0.2, -0.15) is 0 Å². The number of fused-ring (bicyclic) bond motifs is 2. The number of Topliss-reactive ketones (excluding diaryl/α,β-unsaturated/α-hetero) is 1. The fourth-order valence-corrected chi connectivity index (χ4v) is 4.59. The second kappa shape index (κ2) is 8.73. The highest BCUT2D eigenvalue weighted by molar-refractivity contribution is 7.15. The van der Waals surface area contributed by atoms with Crippen molar-refractivity contribution < 1.29 is 19.1 Å². The fourth-order valence-electron chi connectivity index (χ4n) is 3.53. The summed E-state index contributed by atoms with van der Waals surface area (Å²) in [4.78, 5) is 30.6. The Kier molecular flexibility index (Phi) is 5.90. The number of nitrogens with one attached hydrogen (secondary N) is 1. The maximum atomic E-state index is 12.4. The molecule has 6 nitrogen and oxygen atoms in total. The monoisotopic (exact) mass is 400 g/mol. The van der Waals surface area contributed by atoms with Gasteiger partial charge in [-0.3, -0.25) is 9.59 Å². The standard InChI is InChI=1S/C21H24N2O4S/c24-16(14-7-9-17-18(13-14)27-12-11-26-17)8-10-20(25)23-21-22-15-5-3-1-2-4-6-19(15)28-21/h7,9,13H,1-6,8,10-12H2,(H,22,23,25). The first-order valence-electron chi connectivity index (χ1n) is 9.90. The minimum Gasteiger partial charge on any atom is -0.486 e. The first-order valence-corrected chi connectivity index (χ1v) is 10.7. The topological polar surface area (TPSA) is 77.5 Å². The van der Waals surface area contributed by atoms with E-state index in [0.717, 1.165) is 25.0 Å². The number of thiazole rings is 1. The summed E-state index contributed by atoms with van der Waals surface area (Å²) in [5, 5.41) is 3.52. The van der Waals surface area contributed by atoms with Crippen LogP contribution in [-0.4, -0.2) is 29.9 Å². The van der Waals surface area contributed by atoms with Crippen molar-refractivity contribution in [3.63, 3.8) is 0 Å². The lowest BCUT2D eigenvalue weighted by atomic mass is 10.0. The minimum atomic E-state index is -0.174. The second-order valence-corrected chi connectivity index (χ2v) is 8.22. The lowest BCUT2D eigenvalue weighted by Crippen LogP contribution is -2.16. The van der Waals surface area contributed by atoms with Crippen molar-refractivity contribution in [3.8, 4) is 11.5 Å². The summed E-state index contributed by atoms with van der Waals surface area (Å²) in [7, 11) is 0. The van der Waals surface area contributed by atoms with Crippen molar-refractivity contribution in [1.82, 2.24) is 4.98 Å². The number of amides is 1. The summed E-state index contributed by atoms with van der Waals surface area (Å²) in [6.07, 6.45) is 7.19. The zero-order chi connectivity index (χ0) is 19.3. The molecule has 7 heteroatoms. The van der Waals surface area contributed by atoms with Gasteiger partial charge in [0.15, 0.2) is 22.4 Å². The Balaban J connectivity index is 1.32. The largest absolute Gasteiger partial charge is 0.486 e. The molecule has 0 unspecified atom stereocenters. The van der Waals surface area contributed by atoms with Gasteiger partial charge in [-0.1, -0.05) is 12.8 Å². The summed E-state index contributed by atoms with van der Waals surface area (Å²) in [5.41, 5.74) is 1.67. The van der Waals surface area contributed by atoms with Crippen LogP contribution in [0.2, 0.25) is 0 Å². The molecule has 0 bridgehead atoms. The maximum Gasteiger partial charge on any atom is 0.226 e. The third kappa shape index (κ3) is 4.52. The number of benzene rings is 1. The van der Waals surface area contributed by atoms with Crippen LogP contribution in [0.1, 0.15) is 59.5 Å². The van der Waals surface area contributed by atoms with E-state index in [-0.39, 0.29) is 24.5 Å². The lowest BCUT2D eigenvalue weighted by Gasteiger charge is -2.18. The fraction of sp³-hybridized carbons (Fsp3) is 0.476. The van der Waals surface area contributed by atoms with Gasteiger partial charge in [-0.25, -0.2) is 4.98 Å². The smallest absolute Gasteiger partial charge is 0.226 e. The lowest BCUT2D eigenvalue weighted by molar-refractivity contribution is -0.116. The van der Waals surface area contributed by atoms with Crippen molar-refractivity contribution in [3.05, 3.63) is 34.3 Å². The molecule has 1 amide bonds. The number of ketones is 1. The number of carbonyl (C=O) groups excluding carboxylic acids is 2. The molecule has 4 rings (SSSR count). The maximum absolute atomic E-state index is 12.4. The number of rotatable bonds is 5. The summed E-state index contributed by atoms with van der Waals surface area (Å²) in [5.74, 6) is 0.979. The Morgan fingerprint density at radius 1 is 1.00 bits per heavy atom. The zero-order valence-corrected chi connectivity index (χ0v) is 16.6. The van der Waals surface area contributed by atoms with E-state index < -0.39 is 0 Å². The molecule has 28 heavy (non-hydrogen) atoms. The van der Waals surface area contributed by atoms with Crippen LogP contribution in [0.15, 0.2) is 18.2 Å². The highest BCUT2D eigenvalue weighted by Crippen LogP contribution is 2.31. The number of hydrogen-bond donors (Lipinski definition) is 1. The van der Waals surface area contributed by atoms with Crippen molar-refractivity contribution in [1.29, 1.82) is 0 Å². The van der Waals surface area contributed by atoms with Crippen LogP contribution >= 0.6 is 11.3 Å². The van der Waals surface area contributed by atoms with Gasteiger partial charge < -0.3 is 14.8 Å². The number of anilines is 1. The van der Waals surface area contributed by atoms with E-state index in [9.17, 15) is 9.59 Å². The molecule has 1 aromatic heterocycles. The van der Waals surface area contributed by atoms with Crippen molar-refractivity contribution in [2.75, 3.05) is 18.5 Å². The third-order valence-corrected chi connectivity index (χ3v) is 6.11. The Labute approximate surface area is 168 Å². The van der Waals surface area contributed by atoms with E-state index in [1.165, 1.54) is 24.1 Å². The molecule has 1 aromatic carbocycles. The molecule has 148 valence electrons. The minimum absolute atomic E-state index is 0.0847. The molecule has 2 aromatic rings. The summed E-state index contributed by atoms with van der Waals surface area (Å²) in [6, 6.07) is 5.15. The van der Waals surface area contributed by atoms with Gasteiger partial charge in [0, 0.05) is 23.3 Å². The van der Waals surface area contributed by atoms with Gasteiger partial charge in [0.25, 0.3) is 0 Å². The van der Waals surface area contributed by atoms with Crippen LogP contribution in [0.3, 0.4) is 0 Å². The zero-order valence-electron chi connectivity index (χ0n) is 15.8. The number of hydrogen-bond acceptors (Lipinski definition) is 6. The molecular formula is C21H24N2O4S. The Morgan fingerprint density at radius 3 is 2.64 bits per heavy atom. The number of carbonyl (C=O) groups is 2. The average molecular weight is 401 g/mol. The SMILES string of the molecule is O=C(CCC(=O)c1ccc2c(c1)OCCO2)Nc1nc2c(s1)CCCCCC2. The predicted molar refractivity (Wildman–Crippen MR) is 108 cm³/mol. The van der Waals surface area contributed by atoms with Gasteiger partial charge in [0.05, 0.1) is 5.69 Å². The van der Waals surface area contributed by atoms with Crippen LogP contribution in [-0.2, 0) is 17.6 Å². The quantitative estimate of drug-likeness (QED) is 0.762. The first kappa shape index (κ1) is 18.9. The Bertz CT molecular complexity index is 852. The molecule has 0 saturated carbocycles. The number of nitrogens with zero attached hydrogens (tertiary/aromatic N) is 1. The predicted octanol–water partition coefficient (Wildman–Crippen LogP) is 4.17. The number of aryl methyl sites for hydroxylation is 2. The molecule has 2 heterocycles. The van der Waals surface area contributed by atoms with Gasteiger partial charge >= 0.3 is 0 Å². The molecule has 0 saturated heterocycles. The normalized spacial score (nSPS) is 15.9. The van der Waals surface area contributed by atoms with Crippen LogP contribution < -0.4 is 14.8 Å². The van der Waals surface area contributed by atoms with Crippen LogP contribution in [0.25, 0.3) is 0 Å². The first-order chi connectivity index (χ1) is 13.7.